The van der Waals surface area contributed by atoms with Gasteiger partial charge in [-0.2, -0.15) is 0 Å². The van der Waals surface area contributed by atoms with Gasteiger partial charge in [-0.25, -0.2) is 0 Å². The van der Waals surface area contributed by atoms with Gasteiger partial charge in [-0.05, 0) is 77.1 Å². The van der Waals surface area contributed by atoms with E-state index in [4.69, 9.17) is 4.42 Å². The number of nitrogens with zero attached hydrogens (tertiary/aromatic N) is 2. The molecule has 1 N–H and O–H groups in total. The molecule has 5 heteroatoms. The standard InChI is InChI=1S/C31H38N2O3/c1-21-18-24-25(31(4,5)13-12-30(24,2)3)20-22(21)19-23-10-11-28(36-23)29(35)33-16-14-32(15-17-33)26-8-6-7-9-27(26)34/h6-11,18,20,34H,12-17,19H2,1-5H3. The van der Waals surface area contributed by atoms with Crippen molar-refractivity contribution in [1.82, 2.24) is 4.90 Å². The van der Waals surface area contributed by atoms with E-state index < -0.39 is 0 Å². The molecule has 5 nitrogen and oxygen atoms in total. The van der Waals surface area contributed by atoms with E-state index in [0.29, 0.717) is 38.4 Å². The first-order chi connectivity index (χ1) is 17.0. The Morgan fingerprint density at radius 1 is 0.917 bits per heavy atom. The number of fused-ring (bicyclic) bond motifs is 1. The molecule has 1 aliphatic carbocycles. The van der Waals surface area contributed by atoms with Gasteiger partial charge in [0.25, 0.3) is 5.91 Å². The number of phenols is 1. The molecule has 2 heterocycles. The summed E-state index contributed by atoms with van der Waals surface area (Å²) >= 11 is 0. The van der Waals surface area contributed by atoms with Gasteiger partial charge >= 0.3 is 0 Å². The Balaban J connectivity index is 1.29. The molecule has 0 atom stereocenters. The van der Waals surface area contributed by atoms with Crippen LogP contribution in [0.25, 0.3) is 0 Å². The van der Waals surface area contributed by atoms with Crippen LogP contribution in [0.2, 0.25) is 0 Å². The molecule has 36 heavy (non-hydrogen) atoms. The minimum Gasteiger partial charge on any atom is -0.506 e. The topological polar surface area (TPSA) is 56.9 Å². The molecule has 0 bridgehead atoms. The first kappa shape index (κ1) is 24.5. The minimum atomic E-state index is -0.0665. The second kappa shape index (κ2) is 9.02. The molecule has 190 valence electrons. The third-order valence-electron chi connectivity index (χ3n) is 8.34. The number of hydrogen-bond donors (Lipinski definition) is 1. The number of amides is 1. The Kier molecular flexibility index (Phi) is 6.14. The molecule has 0 unspecified atom stereocenters. The van der Waals surface area contributed by atoms with Crippen LogP contribution in [0, 0.1) is 6.92 Å². The van der Waals surface area contributed by atoms with Crippen LogP contribution >= 0.6 is 0 Å². The van der Waals surface area contributed by atoms with Gasteiger partial charge in [0.05, 0.1) is 5.69 Å². The van der Waals surface area contributed by atoms with Crippen LogP contribution in [0.5, 0.6) is 5.75 Å². The maximum atomic E-state index is 13.2. The number of carbonyl (C=O) groups is 1. The monoisotopic (exact) mass is 486 g/mol. The van der Waals surface area contributed by atoms with Crippen molar-refractivity contribution in [2.75, 3.05) is 31.1 Å². The van der Waals surface area contributed by atoms with Gasteiger partial charge in [0.1, 0.15) is 11.5 Å². The van der Waals surface area contributed by atoms with Crippen molar-refractivity contribution in [2.45, 2.75) is 64.7 Å². The van der Waals surface area contributed by atoms with Crippen molar-refractivity contribution in [3.05, 3.63) is 82.3 Å². The summed E-state index contributed by atoms with van der Waals surface area (Å²) in [4.78, 5) is 17.1. The number of aryl methyl sites for hydroxylation is 1. The van der Waals surface area contributed by atoms with Crippen LogP contribution in [-0.4, -0.2) is 42.1 Å². The lowest BCUT2D eigenvalue weighted by molar-refractivity contribution is 0.0713. The van der Waals surface area contributed by atoms with Crippen molar-refractivity contribution in [3.8, 4) is 5.75 Å². The fraction of sp³-hybridized carbons (Fsp3) is 0.452. The number of benzene rings is 2. The number of furan rings is 1. The van der Waals surface area contributed by atoms with Crippen molar-refractivity contribution in [1.29, 1.82) is 0 Å². The summed E-state index contributed by atoms with van der Waals surface area (Å²) in [5.74, 6) is 1.43. The molecule has 2 aromatic carbocycles. The Morgan fingerprint density at radius 3 is 2.22 bits per heavy atom. The SMILES string of the molecule is Cc1cc2c(cc1Cc1ccc(C(=O)N3CCN(c4ccccc4O)CC3)o1)C(C)(C)CCC2(C)C. The summed E-state index contributed by atoms with van der Waals surface area (Å²) < 4.78 is 6.08. The molecule has 1 aromatic heterocycles. The van der Waals surface area contributed by atoms with Crippen LogP contribution in [0.15, 0.2) is 52.9 Å². The third kappa shape index (κ3) is 4.52. The van der Waals surface area contributed by atoms with E-state index >= 15 is 0 Å². The largest absolute Gasteiger partial charge is 0.506 e. The highest BCUT2D eigenvalue weighted by Gasteiger charge is 2.37. The first-order valence-electron chi connectivity index (χ1n) is 13.1. The number of para-hydroxylation sites is 2. The Bertz CT molecular complexity index is 1280. The summed E-state index contributed by atoms with van der Waals surface area (Å²) in [5, 5.41) is 10.1. The fourth-order valence-corrected chi connectivity index (χ4v) is 5.77. The highest BCUT2D eigenvalue weighted by Crippen LogP contribution is 2.46. The van der Waals surface area contributed by atoms with Gasteiger partial charge in [-0.1, -0.05) is 52.0 Å². The predicted octanol–water partition coefficient (Wildman–Crippen LogP) is 6.20. The van der Waals surface area contributed by atoms with Gasteiger partial charge in [0, 0.05) is 32.6 Å². The molecule has 0 saturated carbocycles. The lowest BCUT2D eigenvalue weighted by Gasteiger charge is -2.42. The van der Waals surface area contributed by atoms with Crippen LogP contribution in [-0.2, 0) is 17.3 Å². The van der Waals surface area contributed by atoms with Crippen molar-refractivity contribution in [3.63, 3.8) is 0 Å². The number of rotatable bonds is 4. The Morgan fingerprint density at radius 2 is 1.56 bits per heavy atom. The average Bonchev–Trinajstić information content (AvgIpc) is 3.32. The fourth-order valence-electron chi connectivity index (χ4n) is 5.77. The van der Waals surface area contributed by atoms with Gasteiger partial charge < -0.3 is 19.3 Å². The zero-order chi connectivity index (χ0) is 25.7. The molecule has 5 rings (SSSR count). The van der Waals surface area contributed by atoms with Crippen molar-refractivity contribution in [2.24, 2.45) is 0 Å². The lowest BCUT2D eigenvalue weighted by Crippen LogP contribution is -2.48. The molecule has 1 aliphatic heterocycles. The highest BCUT2D eigenvalue weighted by molar-refractivity contribution is 5.91. The quantitative estimate of drug-likeness (QED) is 0.477. The maximum Gasteiger partial charge on any atom is 0.289 e. The summed E-state index contributed by atoms with van der Waals surface area (Å²) in [7, 11) is 0. The van der Waals surface area contributed by atoms with Gasteiger partial charge in [-0.15, -0.1) is 0 Å². The molecule has 1 amide bonds. The first-order valence-corrected chi connectivity index (χ1v) is 13.1. The van der Waals surface area contributed by atoms with E-state index in [2.05, 4.69) is 51.7 Å². The molecule has 1 saturated heterocycles. The third-order valence-corrected chi connectivity index (χ3v) is 8.34. The van der Waals surface area contributed by atoms with E-state index in [1.165, 1.54) is 35.1 Å². The zero-order valence-electron chi connectivity index (χ0n) is 22.2. The number of piperazine rings is 1. The minimum absolute atomic E-state index is 0.0665. The number of phenolic OH excluding ortho intramolecular Hbond substituents is 1. The second-order valence-electron chi connectivity index (χ2n) is 11.8. The van der Waals surface area contributed by atoms with Gasteiger partial charge in [0.2, 0.25) is 0 Å². The predicted molar refractivity (Wildman–Crippen MR) is 144 cm³/mol. The van der Waals surface area contributed by atoms with Crippen LogP contribution in [0.1, 0.15) is 79.1 Å². The normalized spacial score (nSPS) is 18.7. The van der Waals surface area contributed by atoms with Crippen LogP contribution in [0.4, 0.5) is 5.69 Å². The van der Waals surface area contributed by atoms with Crippen LogP contribution in [0.3, 0.4) is 0 Å². The highest BCUT2D eigenvalue weighted by atomic mass is 16.4. The molecular weight excluding hydrogens is 448 g/mol. The summed E-state index contributed by atoms with van der Waals surface area (Å²) in [5.41, 5.74) is 6.64. The second-order valence-corrected chi connectivity index (χ2v) is 11.8. The van der Waals surface area contributed by atoms with Crippen LogP contribution < -0.4 is 4.90 Å². The number of carbonyl (C=O) groups excluding carboxylic acids is 1. The van der Waals surface area contributed by atoms with E-state index in [1.54, 1.807) is 6.07 Å². The van der Waals surface area contributed by atoms with E-state index in [9.17, 15) is 9.90 Å². The smallest absolute Gasteiger partial charge is 0.289 e. The van der Waals surface area contributed by atoms with E-state index in [0.717, 1.165) is 11.4 Å². The molecule has 3 aromatic rings. The molecule has 2 aliphatic rings. The number of anilines is 1. The molecule has 1 fully saturated rings. The molecule has 0 radical (unpaired) electrons. The van der Waals surface area contributed by atoms with Crippen molar-refractivity contribution < 1.29 is 14.3 Å². The summed E-state index contributed by atoms with van der Waals surface area (Å²) in [6, 6.07) is 15.9. The number of aromatic hydroxyl groups is 1. The summed E-state index contributed by atoms with van der Waals surface area (Å²) in [6.07, 6.45) is 3.08. The molecule has 0 spiro atoms. The summed E-state index contributed by atoms with van der Waals surface area (Å²) in [6.45, 7) is 14.1. The average molecular weight is 487 g/mol. The zero-order valence-corrected chi connectivity index (χ0v) is 22.2. The molecular formula is C31H38N2O3. The van der Waals surface area contributed by atoms with E-state index in [-0.39, 0.29) is 22.5 Å². The van der Waals surface area contributed by atoms with E-state index in [1.807, 2.05) is 35.2 Å². The number of hydrogen-bond acceptors (Lipinski definition) is 4. The van der Waals surface area contributed by atoms with Gasteiger partial charge in [-0.3, -0.25) is 4.79 Å². The maximum absolute atomic E-state index is 13.2. The Hall–Kier alpha value is -3.21. The Labute approximate surface area is 214 Å². The lowest BCUT2D eigenvalue weighted by atomic mass is 9.62. The van der Waals surface area contributed by atoms with Gasteiger partial charge in [0.15, 0.2) is 5.76 Å². The van der Waals surface area contributed by atoms with Crippen molar-refractivity contribution >= 4 is 11.6 Å².